The molecule has 1 heterocycles. The van der Waals surface area contributed by atoms with Crippen molar-refractivity contribution in [3.8, 4) is 0 Å². The topological polar surface area (TPSA) is 25.8 Å². The predicted molar refractivity (Wildman–Crippen MR) is 38.6 cm³/mol. The third-order valence-electron chi connectivity index (χ3n) is 0.726. The van der Waals surface area contributed by atoms with Gasteiger partial charge in [0, 0.05) is 12.4 Å². The molecular formula is C5H5ClN2S. The Morgan fingerprint density at radius 2 is 2.11 bits per heavy atom. The van der Waals surface area contributed by atoms with Crippen molar-refractivity contribution in [1.82, 2.24) is 9.97 Å². The molecule has 0 aromatic carbocycles. The summed E-state index contributed by atoms with van der Waals surface area (Å²) < 4.78 is 0. The van der Waals surface area contributed by atoms with Crippen LogP contribution in [0.15, 0.2) is 23.6 Å². The minimum atomic E-state index is 0.504. The summed E-state index contributed by atoms with van der Waals surface area (Å²) >= 11 is 6.84. The van der Waals surface area contributed by atoms with E-state index in [0.717, 1.165) is 5.16 Å². The second-order valence-corrected chi connectivity index (χ2v) is 2.81. The van der Waals surface area contributed by atoms with Gasteiger partial charge in [0.2, 0.25) is 0 Å². The molecule has 0 fully saturated rings. The molecule has 0 amide bonds. The second-order valence-electron chi connectivity index (χ2n) is 1.28. The average Bonchev–Trinajstić information content (AvgIpc) is 1.91. The molecule has 0 spiro atoms. The predicted octanol–water partition coefficient (Wildman–Crippen LogP) is 1.76. The maximum atomic E-state index is 5.42. The van der Waals surface area contributed by atoms with Gasteiger partial charge >= 0.3 is 0 Å². The molecule has 9 heavy (non-hydrogen) atoms. The highest BCUT2D eigenvalue weighted by Crippen LogP contribution is 2.11. The fourth-order valence-electron chi connectivity index (χ4n) is 0.409. The normalized spacial score (nSPS) is 9.44. The van der Waals surface area contributed by atoms with Crippen molar-refractivity contribution < 1.29 is 0 Å². The van der Waals surface area contributed by atoms with Gasteiger partial charge in [0.25, 0.3) is 0 Å². The molecule has 0 radical (unpaired) electrons. The van der Waals surface area contributed by atoms with Crippen LogP contribution in [0.2, 0.25) is 0 Å². The van der Waals surface area contributed by atoms with Gasteiger partial charge in [0.15, 0.2) is 5.16 Å². The molecule has 4 heteroatoms. The highest BCUT2D eigenvalue weighted by atomic mass is 35.5. The molecule has 1 rings (SSSR count). The summed E-state index contributed by atoms with van der Waals surface area (Å²) in [4.78, 5) is 7.87. The van der Waals surface area contributed by atoms with Crippen molar-refractivity contribution in [2.24, 2.45) is 0 Å². The van der Waals surface area contributed by atoms with Crippen LogP contribution >= 0.6 is 23.4 Å². The Morgan fingerprint density at radius 1 is 1.44 bits per heavy atom. The highest BCUT2D eigenvalue weighted by molar-refractivity contribution is 8.00. The Labute approximate surface area is 62.7 Å². The number of hydrogen-bond acceptors (Lipinski definition) is 3. The van der Waals surface area contributed by atoms with Crippen LogP contribution in [0.1, 0.15) is 0 Å². The first-order valence-corrected chi connectivity index (χ1v) is 3.91. The summed E-state index contributed by atoms with van der Waals surface area (Å²) in [5, 5.41) is 1.23. The van der Waals surface area contributed by atoms with E-state index in [1.807, 2.05) is 0 Å². The number of hydrogen-bond donors (Lipinski definition) is 0. The Balaban J connectivity index is 2.61. The number of alkyl halides is 1. The van der Waals surface area contributed by atoms with E-state index in [-0.39, 0.29) is 0 Å². The molecular weight excluding hydrogens is 156 g/mol. The molecule has 0 saturated heterocycles. The molecule has 0 N–H and O–H groups in total. The van der Waals surface area contributed by atoms with Crippen molar-refractivity contribution in [3.63, 3.8) is 0 Å². The van der Waals surface area contributed by atoms with E-state index < -0.39 is 0 Å². The molecule has 0 aliphatic heterocycles. The van der Waals surface area contributed by atoms with E-state index in [0.29, 0.717) is 5.21 Å². The van der Waals surface area contributed by atoms with Crippen molar-refractivity contribution in [1.29, 1.82) is 0 Å². The molecule has 0 atom stereocenters. The number of aromatic nitrogens is 2. The van der Waals surface area contributed by atoms with Crippen molar-refractivity contribution in [2.45, 2.75) is 5.16 Å². The molecule has 1 aromatic heterocycles. The van der Waals surface area contributed by atoms with Gasteiger partial charge in [0.1, 0.15) is 0 Å². The maximum absolute atomic E-state index is 5.42. The number of rotatable bonds is 2. The monoisotopic (exact) mass is 160 g/mol. The quantitative estimate of drug-likeness (QED) is 0.375. The molecule has 0 saturated carbocycles. The third-order valence-corrected chi connectivity index (χ3v) is 1.63. The largest absolute Gasteiger partial charge is 0.231 e. The van der Waals surface area contributed by atoms with Gasteiger partial charge in [0.05, 0.1) is 5.21 Å². The highest BCUT2D eigenvalue weighted by Gasteiger charge is 1.89. The Bertz CT molecular complexity index is 168. The zero-order valence-electron chi connectivity index (χ0n) is 4.62. The zero-order valence-corrected chi connectivity index (χ0v) is 6.19. The molecule has 2 nitrogen and oxygen atoms in total. The lowest BCUT2D eigenvalue weighted by atomic mass is 10.7. The molecule has 0 unspecified atom stereocenters. The van der Waals surface area contributed by atoms with Gasteiger partial charge in [-0.1, -0.05) is 11.8 Å². The Hall–Kier alpha value is -0.280. The molecule has 48 valence electrons. The Morgan fingerprint density at radius 3 is 2.67 bits per heavy atom. The minimum Gasteiger partial charge on any atom is -0.231 e. The lowest BCUT2D eigenvalue weighted by Crippen LogP contribution is -1.81. The van der Waals surface area contributed by atoms with Gasteiger partial charge in [-0.05, 0) is 6.07 Å². The number of halogens is 1. The third kappa shape index (κ3) is 2.20. The summed E-state index contributed by atoms with van der Waals surface area (Å²) in [7, 11) is 0. The first kappa shape index (κ1) is 6.83. The SMILES string of the molecule is ClCSc1ncccn1. The van der Waals surface area contributed by atoms with E-state index >= 15 is 0 Å². The smallest absolute Gasteiger partial charge is 0.188 e. The molecule has 0 aliphatic carbocycles. The first-order valence-electron chi connectivity index (χ1n) is 2.39. The summed E-state index contributed by atoms with van der Waals surface area (Å²) in [6, 6.07) is 1.78. The van der Waals surface area contributed by atoms with Crippen LogP contribution in [0.3, 0.4) is 0 Å². The van der Waals surface area contributed by atoms with E-state index in [1.165, 1.54) is 11.8 Å². The zero-order chi connectivity index (χ0) is 6.53. The summed E-state index contributed by atoms with van der Waals surface area (Å²) in [6.07, 6.45) is 3.39. The summed E-state index contributed by atoms with van der Waals surface area (Å²) in [5.74, 6) is 0. The molecule has 0 bridgehead atoms. The van der Waals surface area contributed by atoms with E-state index in [2.05, 4.69) is 9.97 Å². The van der Waals surface area contributed by atoms with Crippen molar-refractivity contribution in [2.75, 3.05) is 5.21 Å². The first-order chi connectivity index (χ1) is 4.43. The van der Waals surface area contributed by atoms with Gasteiger partial charge in [-0.15, -0.1) is 11.6 Å². The van der Waals surface area contributed by atoms with E-state index in [1.54, 1.807) is 18.5 Å². The minimum absolute atomic E-state index is 0.504. The van der Waals surface area contributed by atoms with Crippen LogP contribution in [0.4, 0.5) is 0 Å². The van der Waals surface area contributed by atoms with Gasteiger partial charge in [-0.2, -0.15) is 0 Å². The second kappa shape index (κ2) is 3.69. The summed E-state index contributed by atoms with van der Waals surface area (Å²) in [6.45, 7) is 0. The fourth-order valence-corrected chi connectivity index (χ4v) is 1.07. The van der Waals surface area contributed by atoms with Crippen LogP contribution in [0, 0.1) is 0 Å². The van der Waals surface area contributed by atoms with Crippen LogP contribution in [0.5, 0.6) is 0 Å². The number of nitrogens with zero attached hydrogens (tertiary/aromatic N) is 2. The lowest BCUT2D eigenvalue weighted by Gasteiger charge is -1.90. The molecule has 1 aromatic rings. The number of thioether (sulfide) groups is 1. The van der Waals surface area contributed by atoms with Crippen LogP contribution in [-0.4, -0.2) is 15.2 Å². The van der Waals surface area contributed by atoms with Crippen molar-refractivity contribution in [3.05, 3.63) is 18.5 Å². The lowest BCUT2D eigenvalue weighted by molar-refractivity contribution is 0.970. The van der Waals surface area contributed by atoms with E-state index in [9.17, 15) is 0 Å². The van der Waals surface area contributed by atoms with Crippen LogP contribution < -0.4 is 0 Å². The fraction of sp³-hybridized carbons (Fsp3) is 0.200. The standard InChI is InChI=1S/C5H5ClN2S/c6-4-9-5-7-2-1-3-8-5/h1-3H,4H2. The van der Waals surface area contributed by atoms with Gasteiger partial charge < -0.3 is 0 Å². The van der Waals surface area contributed by atoms with Crippen LogP contribution in [-0.2, 0) is 0 Å². The average molecular weight is 161 g/mol. The van der Waals surface area contributed by atoms with Gasteiger partial charge in [-0.25, -0.2) is 9.97 Å². The van der Waals surface area contributed by atoms with E-state index in [4.69, 9.17) is 11.6 Å². The van der Waals surface area contributed by atoms with Crippen molar-refractivity contribution >= 4 is 23.4 Å². The molecule has 0 aliphatic rings. The van der Waals surface area contributed by atoms with Gasteiger partial charge in [-0.3, -0.25) is 0 Å². The Kier molecular flexibility index (Phi) is 2.80. The van der Waals surface area contributed by atoms with Crippen LogP contribution in [0.25, 0.3) is 0 Å². The summed E-state index contributed by atoms with van der Waals surface area (Å²) in [5.41, 5.74) is 0. The maximum Gasteiger partial charge on any atom is 0.188 e.